The summed E-state index contributed by atoms with van der Waals surface area (Å²) in [6.45, 7) is 3.74. The smallest absolute Gasteiger partial charge is 0.253 e. The maximum atomic E-state index is 12.8. The Morgan fingerprint density at radius 3 is 2.67 bits per heavy atom. The van der Waals surface area contributed by atoms with Gasteiger partial charge in [-0.2, -0.15) is 0 Å². The number of hydrogen-bond acceptors (Lipinski definition) is 1. The van der Waals surface area contributed by atoms with Gasteiger partial charge in [0.05, 0.1) is 11.1 Å². The lowest BCUT2D eigenvalue weighted by Gasteiger charge is -2.46. The predicted octanol–water partition coefficient (Wildman–Crippen LogP) is 5.01. The first kappa shape index (κ1) is 16.0. The van der Waals surface area contributed by atoms with E-state index in [0.717, 1.165) is 35.5 Å². The SMILES string of the molecule is CCn1cc(C(=O)NCC23CCC(CC2)CC3)c2ccc(Cl)cc21. The fourth-order valence-corrected chi connectivity index (χ4v) is 4.84. The molecule has 1 aromatic heterocycles. The zero-order chi connectivity index (χ0) is 16.7. The minimum absolute atomic E-state index is 0.0524. The Kier molecular flexibility index (Phi) is 4.07. The number of halogens is 1. The third-order valence-electron chi connectivity index (χ3n) is 6.30. The average molecular weight is 345 g/mol. The lowest BCUT2D eigenvalue weighted by atomic mass is 9.61. The first-order valence-electron chi connectivity index (χ1n) is 9.17. The van der Waals surface area contributed by atoms with Crippen molar-refractivity contribution in [1.82, 2.24) is 9.88 Å². The van der Waals surface area contributed by atoms with Gasteiger partial charge in [-0.05, 0) is 68.9 Å². The molecule has 2 bridgehead atoms. The van der Waals surface area contributed by atoms with E-state index in [0.29, 0.717) is 10.4 Å². The van der Waals surface area contributed by atoms with Gasteiger partial charge in [-0.3, -0.25) is 4.79 Å². The van der Waals surface area contributed by atoms with Gasteiger partial charge in [0.25, 0.3) is 5.91 Å². The van der Waals surface area contributed by atoms with Crippen molar-refractivity contribution >= 4 is 28.4 Å². The zero-order valence-corrected chi connectivity index (χ0v) is 15.0. The third kappa shape index (κ3) is 2.73. The summed E-state index contributed by atoms with van der Waals surface area (Å²) in [5.41, 5.74) is 2.16. The first-order chi connectivity index (χ1) is 11.6. The number of fused-ring (bicyclic) bond motifs is 4. The number of benzene rings is 1. The van der Waals surface area contributed by atoms with Crippen LogP contribution in [-0.2, 0) is 6.54 Å². The summed E-state index contributed by atoms with van der Waals surface area (Å²) in [5, 5.41) is 4.94. The number of aryl methyl sites for hydroxylation is 1. The van der Waals surface area contributed by atoms with E-state index in [2.05, 4.69) is 16.8 Å². The molecule has 3 nitrogen and oxygen atoms in total. The van der Waals surface area contributed by atoms with Crippen LogP contribution in [-0.4, -0.2) is 17.0 Å². The number of carbonyl (C=O) groups excluding carboxylic acids is 1. The molecule has 128 valence electrons. The fourth-order valence-electron chi connectivity index (χ4n) is 4.67. The molecule has 3 aliphatic rings. The second-order valence-electron chi connectivity index (χ2n) is 7.65. The summed E-state index contributed by atoms with van der Waals surface area (Å²) in [6.07, 6.45) is 9.86. The molecule has 3 saturated carbocycles. The molecule has 5 rings (SSSR count). The summed E-state index contributed by atoms with van der Waals surface area (Å²) in [7, 11) is 0. The van der Waals surface area contributed by atoms with Gasteiger partial charge in [-0.1, -0.05) is 17.7 Å². The first-order valence-corrected chi connectivity index (χ1v) is 9.55. The van der Waals surface area contributed by atoms with Gasteiger partial charge < -0.3 is 9.88 Å². The molecule has 1 heterocycles. The van der Waals surface area contributed by atoms with Gasteiger partial charge in [0.15, 0.2) is 0 Å². The third-order valence-corrected chi connectivity index (χ3v) is 6.54. The van der Waals surface area contributed by atoms with Crippen LogP contribution < -0.4 is 5.32 Å². The van der Waals surface area contributed by atoms with E-state index in [1.165, 1.54) is 38.5 Å². The number of hydrogen-bond donors (Lipinski definition) is 1. The van der Waals surface area contributed by atoms with E-state index in [4.69, 9.17) is 11.6 Å². The molecule has 0 unspecified atom stereocenters. The van der Waals surface area contributed by atoms with Crippen molar-refractivity contribution in [2.75, 3.05) is 6.54 Å². The quantitative estimate of drug-likeness (QED) is 0.830. The van der Waals surface area contributed by atoms with Crippen LogP contribution in [0.25, 0.3) is 10.9 Å². The van der Waals surface area contributed by atoms with Crippen LogP contribution in [0.3, 0.4) is 0 Å². The van der Waals surface area contributed by atoms with E-state index in [9.17, 15) is 4.79 Å². The normalized spacial score (nSPS) is 26.0. The summed E-state index contributed by atoms with van der Waals surface area (Å²) in [5.74, 6) is 1.01. The minimum atomic E-state index is 0.0524. The molecule has 3 aliphatic carbocycles. The maximum absolute atomic E-state index is 12.8. The largest absolute Gasteiger partial charge is 0.351 e. The Hall–Kier alpha value is -1.48. The highest BCUT2D eigenvalue weighted by Crippen LogP contribution is 2.49. The minimum Gasteiger partial charge on any atom is -0.351 e. The number of carbonyl (C=O) groups is 1. The van der Waals surface area contributed by atoms with E-state index in [-0.39, 0.29) is 5.91 Å². The average Bonchev–Trinajstić information content (AvgIpc) is 2.99. The monoisotopic (exact) mass is 344 g/mol. The lowest BCUT2D eigenvalue weighted by molar-refractivity contribution is 0.0598. The Morgan fingerprint density at radius 2 is 2.00 bits per heavy atom. The summed E-state index contributed by atoms with van der Waals surface area (Å²) in [6, 6.07) is 5.77. The van der Waals surface area contributed by atoms with Crippen LogP contribution in [0.4, 0.5) is 0 Å². The van der Waals surface area contributed by atoms with E-state index < -0.39 is 0 Å². The predicted molar refractivity (Wildman–Crippen MR) is 98.6 cm³/mol. The molecule has 3 fully saturated rings. The van der Waals surface area contributed by atoms with Gasteiger partial charge in [0, 0.05) is 29.7 Å². The van der Waals surface area contributed by atoms with Crippen molar-refractivity contribution in [3.8, 4) is 0 Å². The Balaban J connectivity index is 1.55. The van der Waals surface area contributed by atoms with E-state index >= 15 is 0 Å². The van der Waals surface area contributed by atoms with Crippen molar-refractivity contribution in [1.29, 1.82) is 0 Å². The highest BCUT2D eigenvalue weighted by Gasteiger charge is 2.40. The number of amides is 1. The van der Waals surface area contributed by atoms with Crippen molar-refractivity contribution in [2.45, 2.75) is 52.0 Å². The van der Waals surface area contributed by atoms with Crippen LogP contribution in [0.15, 0.2) is 24.4 Å². The van der Waals surface area contributed by atoms with Crippen LogP contribution in [0, 0.1) is 11.3 Å². The van der Waals surface area contributed by atoms with Crippen LogP contribution in [0.5, 0.6) is 0 Å². The molecule has 0 radical (unpaired) electrons. The summed E-state index contributed by atoms with van der Waals surface area (Å²) >= 11 is 6.13. The number of rotatable bonds is 4. The molecule has 1 amide bonds. The van der Waals surface area contributed by atoms with Crippen LogP contribution in [0.1, 0.15) is 55.8 Å². The number of nitrogens with one attached hydrogen (secondary N) is 1. The molecule has 2 aromatic rings. The molecular weight excluding hydrogens is 320 g/mol. The summed E-state index contributed by atoms with van der Waals surface area (Å²) < 4.78 is 2.10. The Labute approximate surface area is 148 Å². The van der Waals surface area contributed by atoms with Gasteiger partial charge in [-0.15, -0.1) is 0 Å². The van der Waals surface area contributed by atoms with Crippen molar-refractivity contribution < 1.29 is 4.79 Å². The molecule has 0 spiro atoms. The zero-order valence-electron chi connectivity index (χ0n) is 14.3. The second-order valence-corrected chi connectivity index (χ2v) is 8.09. The highest BCUT2D eigenvalue weighted by atomic mass is 35.5. The van der Waals surface area contributed by atoms with Crippen molar-refractivity contribution in [3.05, 3.63) is 35.0 Å². The standard InChI is InChI=1S/C20H25ClN2O/c1-2-23-12-17(16-4-3-15(21)11-18(16)23)19(24)22-13-20-8-5-14(6-9-20)7-10-20/h3-4,11-12,14H,2,5-10,13H2,1H3,(H,22,24). The summed E-state index contributed by atoms with van der Waals surface area (Å²) in [4.78, 5) is 12.8. The van der Waals surface area contributed by atoms with Gasteiger partial charge in [0.2, 0.25) is 0 Å². The van der Waals surface area contributed by atoms with Crippen LogP contribution >= 0.6 is 11.6 Å². The lowest BCUT2D eigenvalue weighted by Crippen LogP contribution is -2.43. The second kappa shape index (κ2) is 6.11. The molecular formula is C20H25ClN2O. The van der Waals surface area contributed by atoms with Gasteiger partial charge in [0.1, 0.15) is 0 Å². The Morgan fingerprint density at radius 1 is 1.29 bits per heavy atom. The fraction of sp³-hybridized carbons (Fsp3) is 0.550. The molecule has 4 heteroatoms. The van der Waals surface area contributed by atoms with E-state index in [1.807, 2.05) is 24.4 Å². The maximum Gasteiger partial charge on any atom is 0.253 e. The van der Waals surface area contributed by atoms with Gasteiger partial charge in [-0.25, -0.2) is 0 Å². The van der Waals surface area contributed by atoms with Crippen LogP contribution in [0.2, 0.25) is 5.02 Å². The highest BCUT2D eigenvalue weighted by molar-refractivity contribution is 6.31. The van der Waals surface area contributed by atoms with Gasteiger partial charge >= 0.3 is 0 Å². The molecule has 24 heavy (non-hydrogen) atoms. The molecule has 0 aliphatic heterocycles. The van der Waals surface area contributed by atoms with E-state index in [1.54, 1.807) is 0 Å². The topological polar surface area (TPSA) is 34.0 Å². The number of aromatic nitrogens is 1. The molecule has 0 atom stereocenters. The number of nitrogens with zero attached hydrogens (tertiary/aromatic N) is 1. The molecule has 1 aromatic carbocycles. The van der Waals surface area contributed by atoms with Crippen molar-refractivity contribution in [2.24, 2.45) is 11.3 Å². The molecule has 1 N–H and O–H groups in total. The Bertz CT molecular complexity index is 758. The van der Waals surface area contributed by atoms with Crippen molar-refractivity contribution in [3.63, 3.8) is 0 Å². The molecule has 0 saturated heterocycles.